The van der Waals surface area contributed by atoms with Crippen molar-refractivity contribution in [3.05, 3.63) is 0 Å². The summed E-state index contributed by atoms with van der Waals surface area (Å²) in [6.45, 7) is 9.25. The third-order valence-electron chi connectivity index (χ3n) is 3.76. The minimum absolute atomic E-state index is 1.02. The summed E-state index contributed by atoms with van der Waals surface area (Å²) in [5.74, 6) is 2.04. The van der Waals surface area contributed by atoms with Crippen LogP contribution in [0.2, 0.25) is 0 Å². The maximum atomic E-state index is 2.37. The predicted octanol–water partition coefficient (Wildman–Crippen LogP) is 6.20. The fraction of sp³-hybridized carbons (Fsp3) is 1.00. The van der Waals surface area contributed by atoms with Gasteiger partial charge in [-0.3, -0.25) is 0 Å². The Morgan fingerprint density at radius 1 is 0.625 bits per heavy atom. The van der Waals surface area contributed by atoms with Crippen molar-refractivity contribution in [1.82, 2.24) is 0 Å². The standard InChI is InChI=1S/C8H16.C8H18/c1-7-3-5-8(2)6-4-7;1-3-5-7-8-6-4-2/h7-8H,3-6H2,1-2H3;3-8H2,1-2H3. The first-order valence-electron chi connectivity index (χ1n) is 7.70. The van der Waals surface area contributed by atoms with Crippen molar-refractivity contribution in [3.63, 3.8) is 0 Å². The topological polar surface area (TPSA) is 0 Å². The summed E-state index contributed by atoms with van der Waals surface area (Å²) < 4.78 is 0. The van der Waals surface area contributed by atoms with Crippen LogP contribution in [0.15, 0.2) is 0 Å². The Balaban J connectivity index is 0.000000281. The third-order valence-corrected chi connectivity index (χ3v) is 3.76. The van der Waals surface area contributed by atoms with Gasteiger partial charge in [0.05, 0.1) is 0 Å². The van der Waals surface area contributed by atoms with E-state index in [-0.39, 0.29) is 0 Å². The summed E-state index contributed by atoms with van der Waals surface area (Å²) in [6, 6.07) is 0. The van der Waals surface area contributed by atoms with Crippen LogP contribution < -0.4 is 0 Å². The van der Waals surface area contributed by atoms with Crippen LogP contribution in [0.1, 0.15) is 91.9 Å². The summed E-state index contributed by atoms with van der Waals surface area (Å²) in [5, 5.41) is 0. The van der Waals surface area contributed by atoms with E-state index in [1.54, 1.807) is 0 Å². The highest BCUT2D eigenvalue weighted by Crippen LogP contribution is 2.27. The van der Waals surface area contributed by atoms with E-state index >= 15 is 0 Å². The Kier molecular flexibility index (Phi) is 11.5. The van der Waals surface area contributed by atoms with Crippen molar-refractivity contribution in [2.75, 3.05) is 0 Å². The Labute approximate surface area is 104 Å². The molecule has 0 radical (unpaired) electrons. The SMILES string of the molecule is CC1CCC(C)CC1.CCCCCCCC. The third kappa shape index (κ3) is 10.5. The minimum atomic E-state index is 1.02. The first kappa shape index (κ1) is 16.0. The van der Waals surface area contributed by atoms with Crippen LogP contribution >= 0.6 is 0 Å². The van der Waals surface area contributed by atoms with E-state index in [0.29, 0.717) is 0 Å². The van der Waals surface area contributed by atoms with E-state index in [1.165, 1.54) is 64.2 Å². The monoisotopic (exact) mass is 226 g/mol. The molecule has 1 rings (SSSR count). The highest BCUT2D eigenvalue weighted by molar-refractivity contribution is 4.65. The molecule has 0 nitrogen and oxygen atoms in total. The van der Waals surface area contributed by atoms with Gasteiger partial charge in [0, 0.05) is 0 Å². The van der Waals surface area contributed by atoms with Crippen LogP contribution in [0.3, 0.4) is 0 Å². The second-order valence-electron chi connectivity index (χ2n) is 5.78. The number of hydrogen-bond acceptors (Lipinski definition) is 0. The van der Waals surface area contributed by atoms with E-state index < -0.39 is 0 Å². The molecule has 0 aromatic rings. The van der Waals surface area contributed by atoms with Gasteiger partial charge >= 0.3 is 0 Å². The van der Waals surface area contributed by atoms with Gasteiger partial charge in [0.25, 0.3) is 0 Å². The van der Waals surface area contributed by atoms with Crippen LogP contribution in [0.25, 0.3) is 0 Å². The molecule has 1 saturated carbocycles. The van der Waals surface area contributed by atoms with E-state index in [4.69, 9.17) is 0 Å². The summed E-state index contributed by atoms with van der Waals surface area (Å²) >= 11 is 0. The average Bonchev–Trinajstić information content (AvgIpc) is 2.30. The van der Waals surface area contributed by atoms with Gasteiger partial charge in [-0.25, -0.2) is 0 Å². The van der Waals surface area contributed by atoms with E-state index in [0.717, 1.165) is 11.8 Å². The Bertz CT molecular complexity index is 104. The molecule has 0 atom stereocenters. The van der Waals surface area contributed by atoms with Crippen LogP contribution in [0, 0.1) is 11.8 Å². The maximum absolute atomic E-state index is 2.37. The molecule has 98 valence electrons. The molecular weight excluding hydrogens is 192 g/mol. The van der Waals surface area contributed by atoms with Gasteiger partial charge in [0.15, 0.2) is 0 Å². The molecule has 0 aliphatic heterocycles. The lowest BCUT2D eigenvalue weighted by molar-refractivity contribution is 0.308. The summed E-state index contributed by atoms with van der Waals surface area (Å²) in [7, 11) is 0. The predicted molar refractivity (Wildman–Crippen MR) is 75.8 cm³/mol. The van der Waals surface area contributed by atoms with Crippen LogP contribution in [0.5, 0.6) is 0 Å². The lowest BCUT2D eigenvalue weighted by Crippen LogP contribution is -2.08. The first-order valence-corrected chi connectivity index (χ1v) is 7.70. The summed E-state index contributed by atoms with van der Waals surface area (Å²) in [5.41, 5.74) is 0. The van der Waals surface area contributed by atoms with Gasteiger partial charge in [-0.15, -0.1) is 0 Å². The fourth-order valence-electron chi connectivity index (χ4n) is 2.28. The Morgan fingerprint density at radius 3 is 1.19 bits per heavy atom. The number of hydrogen-bond donors (Lipinski definition) is 0. The highest BCUT2D eigenvalue weighted by atomic mass is 14.2. The van der Waals surface area contributed by atoms with Crippen molar-refractivity contribution in [2.24, 2.45) is 11.8 Å². The largest absolute Gasteiger partial charge is 0.0654 e. The lowest BCUT2D eigenvalue weighted by Gasteiger charge is -2.22. The van der Waals surface area contributed by atoms with Crippen molar-refractivity contribution >= 4 is 0 Å². The number of unbranched alkanes of at least 4 members (excludes halogenated alkanes) is 5. The zero-order valence-electron chi connectivity index (χ0n) is 12.2. The molecule has 0 bridgehead atoms. The number of rotatable bonds is 5. The Morgan fingerprint density at radius 2 is 0.938 bits per heavy atom. The quantitative estimate of drug-likeness (QED) is 0.490. The molecule has 0 spiro atoms. The first-order chi connectivity index (χ1) is 7.70. The molecule has 1 fully saturated rings. The maximum Gasteiger partial charge on any atom is -0.0443 e. The van der Waals surface area contributed by atoms with Gasteiger partial charge in [-0.2, -0.15) is 0 Å². The Hall–Kier alpha value is 0. The molecule has 0 aromatic heterocycles. The van der Waals surface area contributed by atoms with Crippen molar-refractivity contribution < 1.29 is 0 Å². The second-order valence-corrected chi connectivity index (χ2v) is 5.78. The second kappa shape index (κ2) is 11.5. The highest BCUT2D eigenvalue weighted by Gasteiger charge is 2.13. The van der Waals surface area contributed by atoms with Crippen LogP contribution in [-0.4, -0.2) is 0 Å². The summed E-state index contributed by atoms with van der Waals surface area (Å²) in [4.78, 5) is 0. The molecule has 1 aliphatic carbocycles. The molecule has 0 heterocycles. The molecule has 16 heavy (non-hydrogen) atoms. The van der Waals surface area contributed by atoms with Gasteiger partial charge < -0.3 is 0 Å². The van der Waals surface area contributed by atoms with Crippen LogP contribution in [0.4, 0.5) is 0 Å². The molecule has 0 unspecified atom stereocenters. The van der Waals surface area contributed by atoms with Crippen molar-refractivity contribution in [1.29, 1.82) is 0 Å². The molecule has 0 N–H and O–H groups in total. The van der Waals surface area contributed by atoms with Gasteiger partial charge in [-0.05, 0) is 11.8 Å². The zero-order valence-corrected chi connectivity index (χ0v) is 12.2. The lowest BCUT2D eigenvalue weighted by atomic mass is 9.84. The molecule has 0 amide bonds. The van der Waals surface area contributed by atoms with Crippen molar-refractivity contribution in [3.8, 4) is 0 Å². The molecular formula is C16H34. The van der Waals surface area contributed by atoms with E-state index in [2.05, 4.69) is 27.7 Å². The van der Waals surface area contributed by atoms with Crippen LogP contribution in [-0.2, 0) is 0 Å². The molecule has 0 heteroatoms. The fourth-order valence-corrected chi connectivity index (χ4v) is 2.28. The smallest absolute Gasteiger partial charge is 0.0443 e. The van der Waals surface area contributed by atoms with Gasteiger partial charge in [0.2, 0.25) is 0 Å². The van der Waals surface area contributed by atoms with Crippen molar-refractivity contribution in [2.45, 2.75) is 91.9 Å². The molecule has 0 aromatic carbocycles. The summed E-state index contributed by atoms with van der Waals surface area (Å²) in [6.07, 6.45) is 14.4. The zero-order chi connectivity index (χ0) is 12.2. The average molecular weight is 226 g/mol. The molecule has 1 aliphatic rings. The van der Waals surface area contributed by atoms with Gasteiger partial charge in [0.1, 0.15) is 0 Å². The molecule has 0 saturated heterocycles. The normalized spacial score (nSPS) is 24.8. The van der Waals surface area contributed by atoms with E-state index in [1.807, 2.05) is 0 Å². The minimum Gasteiger partial charge on any atom is -0.0654 e. The van der Waals surface area contributed by atoms with Gasteiger partial charge in [-0.1, -0.05) is 91.9 Å². The van der Waals surface area contributed by atoms with E-state index in [9.17, 15) is 0 Å².